The number of fused-ring (bicyclic) bond motifs is 1. The number of carbonyl (C=O) groups excluding carboxylic acids is 1. The van der Waals surface area contributed by atoms with Crippen LogP contribution in [0, 0.1) is 0 Å². The fourth-order valence-corrected chi connectivity index (χ4v) is 3.21. The van der Waals surface area contributed by atoms with Gasteiger partial charge < -0.3 is 20.4 Å². The zero-order valence-corrected chi connectivity index (χ0v) is 15.3. The van der Waals surface area contributed by atoms with Gasteiger partial charge in [-0.05, 0) is 24.3 Å². The Morgan fingerprint density at radius 3 is 2.83 bits per heavy atom. The van der Waals surface area contributed by atoms with Gasteiger partial charge in [0.05, 0.1) is 17.9 Å². The van der Waals surface area contributed by atoms with Gasteiger partial charge in [0.25, 0.3) is 5.91 Å². The second kappa shape index (κ2) is 6.95. The molecular weight excluding hydrogens is 370 g/mol. The summed E-state index contributed by atoms with van der Waals surface area (Å²) in [5, 5.41) is 3.66. The van der Waals surface area contributed by atoms with Gasteiger partial charge in [0.1, 0.15) is 11.6 Å². The highest BCUT2D eigenvalue weighted by Gasteiger charge is 2.24. The summed E-state index contributed by atoms with van der Waals surface area (Å²) in [6.45, 7) is 1.48. The van der Waals surface area contributed by atoms with E-state index in [-0.39, 0.29) is 11.9 Å². The fraction of sp³-hybridized carbons (Fsp3) is 0.150. The van der Waals surface area contributed by atoms with Gasteiger partial charge in [0, 0.05) is 48.0 Å². The van der Waals surface area contributed by atoms with Crippen molar-refractivity contribution in [1.29, 1.82) is 0 Å². The van der Waals surface area contributed by atoms with Gasteiger partial charge >= 0.3 is 0 Å². The number of aromatic nitrogens is 4. The normalized spacial score (nSPS) is 14.0. The number of hydrogen-bond acceptors (Lipinski definition) is 8. The molecule has 1 saturated heterocycles. The average Bonchev–Trinajstić information content (AvgIpc) is 3.26. The van der Waals surface area contributed by atoms with Crippen LogP contribution >= 0.6 is 0 Å². The predicted molar refractivity (Wildman–Crippen MR) is 107 cm³/mol. The Bertz CT molecular complexity index is 1190. The van der Waals surface area contributed by atoms with Crippen LogP contribution < -0.4 is 16.0 Å². The molecular formula is C20H17N7O2. The number of pyridine rings is 3. The largest absolute Gasteiger partial charge is 0.443 e. The van der Waals surface area contributed by atoms with E-state index >= 15 is 0 Å². The Hall–Kier alpha value is -3.85. The minimum absolute atomic E-state index is 0.159. The standard InChI is InChI=1S/C20H17N7O2/c21-15-9-27(10-15)19-5-12(1-2-23-19)20(28)26-18-4-13-3-14(17-8-22-11-29-17)6-24-16(13)7-25-18/h1-8,11,15H,9-10,21H2,(H,25,26,28). The minimum Gasteiger partial charge on any atom is -0.443 e. The quantitative estimate of drug-likeness (QED) is 0.546. The topological polar surface area (TPSA) is 123 Å². The molecule has 1 aliphatic rings. The summed E-state index contributed by atoms with van der Waals surface area (Å²) >= 11 is 0. The van der Waals surface area contributed by atoms with Gasteiger partial charge in [-0.2, -0.15) is 0 Å². The van der Waals surface area contributed by atoms with E-state index in [1.807, 2.05) is 11.0 Å². The number of nitrogens with two attached hydrogens (primary N) is 1. The maximum atomic E-state index is 12.7. The molecule has 0 aliphatic carbocycles. The number of nitrogens with one attached hydrogen (secondary N) is 1. The van der Waals surface area contributed by atoms with Gasteiger partial charge in [0.15, 0.2) is 12.2 Å². The molecule has 0 radical (unpaired) electrons. The van der Waals surface area contributed by atoms with Crippen LogP contribution in [0.3, 0.4) is 0 Å². The van der Waals surface area contributed by atoms with Crippen molar-refractivity contribution in [3.05, 3.63) is 61.0 Å². The van der Waals surface area contributed by atoms with Crippen LogP contribution in [0.25, 0.3) is 22.2 Å². The molecule has 1 amide bonds. The number of amides is 1. The lowest BCUT2D eigenvalue weighted by molar-refractivity contribution is 0.102. The van der Waals surface area contributed by atoms with Crippen LogP contribution in [0.2, 0.25) is 0 Å². The van der Waals surface area contributed by atoms with Gasteiger partial charge in [-0.15, -0.1) is 0 Å². The first-order valence-corrected chi connectivity index (χ1v) is 9.08. The summed E-state index contributed by atoms with van der Waals surface area (Å²) in [5.41, 5.74) is 7.84. The van der Waals surface area contributed by atoms with E-state index in [4.69, 9.17) is 10.2 Å². The molecule has 0 unspecified atom stereocenters. The van der Waals surface area contributed by atoms with Gasteiger partial charge in [-0.25, -0.2) is 15.0 Å². The first-order valence-electron chi connectivity index (χ1n) is 9.08. The van der Waals surface area contributed by atoms with Gasteiger partial charge in [0.2, 0.25) is 0 Å². The summed E-state index contributed by atoms with van der Waals surface area (Å²) in [6, 6.07) is 7.27. The van der Waals surface area contributed by atoms with Crippen LogP contribution in [0.4, 0.5) is 11.6 Å². The SMILES string of the molecule is NC1CN(c2cc(C(=O)Nc3cc4cc(-c5cnco5)cnc4cn3)ccn2)C1. The molecule has 9 nitrogen and oxygen atoms in total. The van der Waals surface area contributed by atoms with Gasteiger partial charge in [-0.1, -0.05) is 0 Å². The van der Waals surface area contributed by atoms with E-state index in [1.54, 1.807) is 43.0 Å². The molecule has 4 aromatic rings. The molecule has 0 bridgehead atoms. The molecule has 1 aliphatic heterocycles. The molecule has 0 aromatic carbocycles. The minimum atomic E-state index is -0.260. The summed E-state index contributed by atoms with van der Waals surface area (Å²) in [5.74, 6) is 1.54. The molecule has 144 valence electrons. The van der Waals surface area contributed by atoms with E-state index in [9.17, 15) is 4.79 Å². The van der Waals surface area contributed by atoms with E-state index in [0.29, 0.717) is 22.7 Å². The lowest BCUT2D eigenvalue weighted by atomic mass is 10.1. The molecule has 0 saturated carbocycles. The smallest absolute Gasteiger partial charge is 0.257 e. The summed E-state index contributed by atoms with van der Waals surface area (Å²) in [4.78, 5) is 31.6. The Kier molecular flexibility index (Phi) is 4.14. The van der Waals surface area contributed by atoms with E-state index < -0.39 is 0 Å². The van der Waals surface area contributed by atoms with Crippen LogP contribution in [-0.2, 0) is 0 Å². The van der Waals surface area contributed by atoms with Crippen molar-refractivity contribution >= 4 is 28.4 Å². The molecule has 3 N–H and O–H groups in total. The maximum Gasteiger partial charge on any atom is 0.257 e. The summed E-state index contributed by atoms with van der Waals surface area (Å²) in [6.07, 6.45) is 7.93. The first kappa shape index (κ1) is 17.3. The van der Waals surface area contributed by atoms with Crippen LogP contribution in [0.1, 0.15) is 10.4 Å². The third kappa shape index (κ3) is 3.39. The number of hydrogen-bond donors (Lipinski definition) is 2. The lowest BCUT2D eigenvalue weighted by Crippen LogP contribution is -2.56. The summed E-state index contributed by atoms with van der Waals surface area (Å²) in [7, 11) is 0. The monoisotopic (exact) mass is 387 g/mol. The zero-order valence-electron chi connectivity index (χ0n) is 15.3. The third-order valence-electron chi connectivity index (χ3n) is 4.77. The Morgan fingerprint density at radius 2 is 2.03 bits per heavy atom. The predicted octanol–water partition coefficient (Wildman–Crippen LogP) is 2.08. The Morgan fingerprint density at radius 1 is 1.14 bits per heavy atom. The second-order valence-electron chi connectivity index (χ2n) is 6.87. The lowest BCUT2D eigenvalue weighted by Gasteiger charge is -2.37. The van der Waals surface area contributed by atoms with Crippen LogP contribution in [0.5, 0.6) is 0 Å². The second-order valence-corrected chi connectivity index (χ2v) is 6.87. The van der Waals surface area contributed by atoms with E-state index in [0.717, 1.165) is 29.9 Å². The number of oxazole rings is 1. The zero-order chi connectivity index (χ0) is 19.8. The van der Waals surface area contributed by atoms with Crippen LogP contribution in [-0.4, -0.2) is 45.0 Å². The Balaban J connectivity index is 1.38. The van der Waals surface area contributed by atoms with Crippen molar-refractivity contribution in [1.82, 2.24) is 19.9 Å². The molecule has 29 heavy (non-hydrogen) atoms. The van der Waals surface area contributed by atoms with Crippen molar-refractivity contribution in [3.63, 3.8) is 0 Å². The molecule has 9 heteroatoms. The van der Waals surface area contributed by atoms with Crippen molar-refractivity contribution in [2.24, 2.45) is 5.73 Å². The number of rotatable bonds is 4. The van der Waals surface area contributed by atoms with Crippen molar-refractivity contribution in [3.8, 4) is 11.3 Å². The molecule has 1 fully saturated rings. The number of anilines is 2. The molecule has 0 atom stereocenters. The van der Waals surface area contributed by atoms with Crippen molar-refractivity contribution < 1.29 is 9.21 Å². The third-order valence-corrected chi connectivity index (χ3v) is 4.77. The van der Waals surface area contributed by atoms with E-state index in [1.165, 1.54) is 6.39 Å². The van der Waals surface area contributed by atoms with E-state index in [2.05, 4.69) is 25.3 Å². The highest BCUT2D eigenvalue weighted by atomic mass is 16.3. The highest BCUT2D eigenvalue weighted by Crippen LogP contribution is 2.24. The molecule has 5 rings (SSSR count). The highest BCUT2D eigenvalue weighted by molar-refractivity contribution is 6.04. The number of carbonyl (C=O) groups is 1. The Labute approximate surface area is 165 Å². The van der Waals surface area contributed by atoms with Crippen LogP contribution in [0.15, 0.2) is 59.9 Å². The fourth-order valence-electron chi connectivity index (χ4n) is 3.21. The van der Waals surface area contributed by atoms with Crippen molar-refractivity contribution in [2.75, 3.05) is 23.3 Å². The summed E-state index contributed by atoms with van der Waals surface area (Å²) < 4.78 is 5.32. The molecule has 4 aromatic heterocycles. The molecule has 0 spiro atoms. The molecule has 5 heterocycles. The van der Waals surface area contributed by atoms with Crippen molar-refractivity contribution in [2.45, 2.75) is 6.04 Å². The number of nitrogens with zero attached hydrogens (tertiary/aromatic N) is 5. The van der Waals surface area contributed by atoms with Gasteiger partial charge in [-0.3, -0.25) is 9.78 Å². The maximum absolute atomic E-state index is 12.7. The average molecular weight is 387 g/mol. The first-order chi connectivity index (χ1) is 14.2.